The summed E-state index contributed by atoms with van der Waals surface area (Å²) < 4.78 is 6.60. The van der Waals surface area contributed by atoms with E-state index < -0.39 is 0 Å². The van der Waals surface area contributed by atoms with E-state index in [-0.39, 0.29) is 5.91 Å². The zero-order valence-electron chi connectivity index (χ0n) is 15.3. The van der Waals surface area contributed by atoms with Crippen LogP contribution in [0, 0.1) is 3.57 Å². The number of carbonyl (C=O) groups excluding carboxylic acids is 1. The molecule has 0 atom stereocenters. The van der Waals surface area contributed by atoms with Crippen molar-refractivity contribution >= 4 is 45.0 Å². The Bertz CT molecular complexity index is 922. The lowest BCUT2D eigenvalue weighted by molar-refractivity contribution is 0.102. The van der Waals surface area contributed by atoms with Crippen molar-refractivity contribution < 1.29 is 9.53 Å². The van der Waals surface area contributed by atoms with E-state index in [2.05, 4.69) is 51.9 Å². The third kappa shape index (κ3) is 5.07. The number of ether oxygens (including phenoxy) is 1. The van der Waals surface area contributed by atoms with Gasteiger partial charge in [0, 0.05) is 20.1 Å². The number of carbonyl (C=O) groups is 1. The molecule has 27 heavy (non-hydrogen) atoms. The van der Waals surface area contributed by atoms with Crippen LogP contribution in [0.25, 0.3) is 11.3 Å². The van der Waals surface area contributed by atoms with Crippen LogP contribution in [-0.4, -0.2) is 18.0 Å². The van der Waals surface area contributed by atoms with Gasteiger partial charge in [-0.25, -0.2) is 4.98 Å². The number of unbranched alkanes of at least 4 members (excludes halogenated alkanes) is 1. The van der Waals surface area contributed by atoms with Crippen molar-refractivity contribution in [1.29, 1.82) is 0 Å². The van der Waals surface area contributed by atoms with E-state index in [4.69, 9.17) is 4.74 Å². The standard InChI is InChI=1S/C21H21IN2O2S/c1-3-4-5-14-6-11-19(26-2)17(12-14)18-13-27-21(23-18)24-20(25)15-7-9-16(22)10-8-15/h6-13H,3-5H2,1-2H3,(H,23,24,25). The van der Waals surface area contributed by atoms with E-state index in [0.29, 0.717) is 10.7 Å². The molecule has 0 aliphatic heterocycles. The summed E-state index contributed by atoms with van der Waals surface area (Å²) in [6.45, 7) is 2.19. The van der Waals surface area contributed by atoms with Gasteiger partial charge in [0.15, 0.2) is 5.13 Å². The van der Waals surface area contributed by atoms with Crippen molar-refractivity contribution in [3.05, 3.63) is 62.5 Å². The molecule has 1 N–H and O–H groups in total. The van der Waals surface area contributed by atoms with Gasteiger partial charge in [0.1, 0.15) is 5.75 Å². The van der Waals surface area contributed by atoms with Crippen molar-refractivity contribution in [3.8, 4) is 17.0 Å². The van der Waals surface area contributed by atoms with Crippen LogP contribution in [0.5, 0.6) is 5.75 Å². The molecule has 0 fully saturated rings. The summed E-state index contributed by atoms with van der Waals surface area (Å²) in [5.41, 5.74) is 3.65. The van der Waals surface area contributed by atoms with Gasteiger partial charge in [-0.05, 0) is 77.4 Å². The number of hydrogen-bond acceptors (Lipinski definition) is 4. The molecule has 0 aliphatic rings. The van der Waals surface area contributed by atoms with E-state index in [1.807, 2.05) is 35.7 Å². The molecule has 0 spiro atoms. The summed E-state index contributed by atoms with van der Waals surface area (Å²) in [4.78, 5) is 17.0. The molecule has 0 bridgehead atoms. The molecular weight excluding hydrogens is 471 g/mol. The number of aromatic nitrogens is 1. The highest BCUT2D eigenvalue weighted by Gasteiger charge is 2.13. The highest BCUT2D eigenvalue weighted by Crippen LogP contribution is 2.33. The number of hydrogen-bond donors (Lipinski definition) is 1. The summed E-state index contributed by atoms with van der Waals surface area (Å²) >= 11 is 3.63. The van der Waals surface area contributed by atoms with Crippen LogP contribution >= 0.6 is 33.9 Å². The Balaban J connectivity index is 1.80. The Hall–Kier alpha value is -1.93. The number of benzene rings is 2. The van der Waals surface area contributed by atoms with E-state index in [1.54, 1.807) is 7.11 Å². The molecule has 2 aromatic carbocycles. The van der Waals surface area contributed by atoms with Crippen molar-refractivity contribution in [2.45, 2.75) is 26.2 Å². The van der Waals surface area contributed by atoms with Gasteiger partial charge >= 0.3 is 0 Å². The molecule has 0 aliphatic carbocycles. The van der Waals surface area contributed by atoms with Crippen molar-refractivity contribution in [2.24, 2.45) is 0 Å². The summed E-state index contributed by atoms with van der Waals surface area (Å²) in [6, 6.07) is 13.7. The maximum absolute atomic E-state index is 12.4. The second-order valence-corrected chi connectivity index (χ2v) is 8.24. The van der Waals surface area contributed by atoms with Crippen molar-refractivity contribution in [3.63, 3.8) is 0 Å². The fraction of sp³-hybridized carbons (Fsp3) is 0.238. The molecule has 140 valence electrons. The van der Waals surface area contributed by atoms with Crippen LogP contribution in [0.2, 0.25) is 0 Å². The molecular formula is C21H21IN2O2S. The lowest BCUT2D eigenvalue weighted by Gasteiger charge is -2.09. The third-order valence-electron chi connectivity index (χ3n) is 4.19. The topological polar surface area (TPSA) is 51.2 Å². The smallest absolute Gasteiger partial charge is 0.257 e. The van der Waals surface area contributed by atoms with Gasteiger partial charge in [0.25, 0.3) is 5.91 Å². The van der Waals surface area contributed by atoms with E-state index in [0.717, 1.165) is 39.8 Å². The van der Waals surface area contributed by atoms with Crippen LogP contribution in [0.4, 0.5) is 5.13 Å². The largest absolute Gasteiger partial charge is 0.496 e. The molecule has 3 aromatic rings. The predicted molar refractivity (Wildman–Crippen MR) is 120 cm³/mol. The van der Waals surface area contributed by atoms with Crippen LogP contribution in [0.15, 0.2) is 47.8 Å². The van der Waals surface area contributed by atoms with Crippen LogP contribution in [0.1, 0.15) is 35.7 Å². The molecule has 1 amide bonds. The highest BCUT2D eigenvalue weighted by molar-refractivity contribution is 14.1. The molecule has 0 radical (unpaired) electrons. The Morgan fingerprint density at radius 1 is 1.22 bits per heavy atom. The first-order valence-corrected chi connectivity index (χ1v) is 10.8. The van der Waals surface area contributed by atoms with Gasteiger partial charge < -0.3 is 4.74 Å². The second kappa shape index (κ2) is 9.32. The fourth-order valence-electron chi connectivity index (χ4n) is 2.72. The van der Waals surface area contributed by atoms with E-state index in [9.17, 15) is 4.79 Å². The van der Waals surface area contributed by atoms with Crippen LogP contribution in [0.3, 0.4) is 0 Å². The van der Waals surface area contributed by atoms with E-state index >= 15 is 0 Å². The Labute approximate surface area is 177 Å². The van der Waals surface area contributed by atoms with Gasteiger partial charge in [-0.3, -0.25) is 10.1 Å². The zero-order valence-corrected chi connectivity index (χ0v) is 18.3. The first-order chi connectivity index (χ1) is 13.1. The minimum atomic E-state index is -0.157. The van der Waals surface area contributed by atoms with E-state index in [1.165, 1.54) is 16.9 Å². The normalized spacial score (nSPS) is 10.6. The summed E-state index contributed by atoms with van der Waals surface area (Å²) in [5.74, 6) is 0.632. The number of nitrogens with one attached hydrogen (secondary N) is 1. The number of halogens is 1. The number of anilines is 1. The molecule has 0 unspecified atom stereocenters. The number of amides is 1. The summed E-state index contributed by atoms with van der Waals surface area (Å²) in [5, 5.41) is 5.41. The number of rotatable bonds is 7. The first kappa shape index (κ1) is 19.8. The molecule has 0 saturated carbocycles. The summed E-state index contributed by atoms with van der Waals surface area (Å²) in [7, 11) is 1.66. The molecule has 6 heteroatoms. The van der Waals surface area contributed by atoms with Gasteiger partial charge in [-0.2, -0.15) is 0 Å². The molecule has 1 heterocycles. The SMILES string of the molecule is CCCCc1ccc(OC)c(-c2csc(NC(=O)c3ccc(I)cc3)n2)c1. The fourth-order valence-corrected chi connectivity index (χ4v) is 3.78. The maximum atomic E-state index is 12.4. The molecule has 4 nitrogen and oxygen atoms in total. The molecule has 1 aromatic heterocycles. The predicted octanol–water partition coefficient (Wildman–Crippen LogP) is 6.02. The summed E-state index contributed by atoms with van der Waals surface area (Å²) in [6.07, 6.45) is 3.35. The Morgan fingerprint density at radius 3 is 2.70 bits per heavy atom. The zero-order chi connectivity index (χ0) is 19.2. The van der Waals surface area contributed by atoms with Gasteiger partial charge in [-0.1, -0.05) is 19.4 Å². The lowest BCUT2D eigenvalue weighted by Crippen LogP contribution is -2.11. The minimum absolute atomic E-state index is 0.157. The Morgan fingerprint density at radius 2 is 2.00 bits per heavy atom. The average molecular weight is 492 g/mol. The van der Waals surface area contributed by atoms with Crippen molar-refractivity contribution in [2.75, 3.05) is 12.4 Å². The van der Waals surface area contributed by atoms with Gasteiger partial charge in [0.05, 0.1) is 12.8 Å². The van der Waals surface area contributed by atoms with Gasteiger partial charge in [0.2, 0.25) is 0 Å². The number of methoxy groups -OCH3 is 1. The minimum Gasteiger partial charge on any atom is -0.496 e. The quantitative estimate of drug-likeness (QED) is 0.411. The van der Waals surface area contributed by atoms with Crippen LogP contribution < -0.4 is 10.1 Å². The third-order valence-corrected chi connectivity index (χ3v) is 5.67. The lowest BCUT2D eigenvalue weighted by atomic mass is 10.0. The number of thiazole rings is 1. The monoisotopic (exact) mass is 492 g/mol. The number of nitrogens with zero attached hydrogens (tertiary/aromatic N) is 1. The Kier molecular flexibility index (Phi) is 6.84. The average Bonchev–Trinajstić information content (AvgIpc) is 3.15. The first-order valence-electron chi connectivity index (χ1n) is 8.80. The molecule has 0 saturated heterocycles. The number of aryl methyl sites for hydroxylation is 1. The van der Waals surface area contributed by atoms with Crippen molar-refractivity contribution in [1.82, 2.24) is 4.98 Å². The van der Waals surface area contributed by atoms with Crippen LogP contribution in [-0.2, 0) is 6.42 Å². The maximum Gasteiger partial charge on any atom is 0.257 e. The molecule has 3 rings (SSSR count). The second-order valence-electron chi connectivity index (χ2n) is 6.14. The van der Waals surface area contributed by atoms with Gasteiger partial charge in [-0.15, -0.1) is 11.3 Å². The highest BCUT2D eigenvalue weighted by atomic mass is 127.